The lowest BCUT2D eigenvalue weighted by atomic mass is 10.1. The van der Waals surface area contributed by atoms with Crippen molar-refractivity contribution in [3.63, 3.8) is 0 Å². The van der Waals surface area contributed by atoms with Gasteiger partial charge in [-0.15, -0.1) is 0 Å². The highest BCUT2D eigenvalue weighted by atomic mass is 16.2. The maximum absolute atomic E-state index is 12.5. The highest BCUT2D eigenvalue weighted by Crippen LogP contribution is 2.31. The lowest BCUT2D eigenvalue weighted by molar-refractivity contribution is 0.207. The van der Waals surface area contributed by atoms with Crippen LogP contribution >= 0.6 is 0 Å². The van der Waals surface area contributed by atoms with Gasteiger partial charge in [0.2, 0.25) is 0 Å². The van der Waals surface area contributed by atoms with Gasteiger partial charge in [0.1, 0.15) is 5.82 Å². The minimum Gasteiger partial charge on any atom is -0.317 e. The Bertz CT molecular complexity index is 651. The van der Waals surface area contributed by atoms with Gasteiger partial charge in [-0.3, -0.25) is 10.00 Å². The Morgan fingerprint density at radius 3 is 3.00 bits per heavy atom. The summed E-state index contributed by atoms with van der Waals surface area (Å²) in [7, 11) is 1.89. The van der Waals surface area contributed by atoms with Gasteiger partial charge in [-0.25, -0.2) is 9.78 Å². The zero-order valence-corrected chi connectivity index (χ0v) is 12.3. The van der Waals surface area contributed by atoms with Crippen LogP contribution in [-0.4, -0.2) is 32.2 Å². The zero-order chi connectivity index (χ0) is 14.8. The molecule has 110 valence electrons. The minimum absolute atomic E-state index is 0.0977. The molecule has 1 atom stereocenters. The summed E-state index contributed by atoms with van der Waals surface area (Å²) >= 11 is 0. The molecule has 1 saturated heterocycles. The topological polar surface area (TPSA) is 63.1 Å². The van der Waals surface area contributed by atoms with E-state index in [4.69, 9.17) is 0 Å². The van der Waals surface area contributed by atoms with Gasteiger partial charge in [0.25, 0.3) is 0 Å². The van der Waals surface area contributed by atoms with Crippen molar-refractivity contribution in [1.29, 1.82) is 0 Å². The Morgan fingerprint density at radius 2 is 2.29 bits per heavy atom. The van der Waals surface area contributed by atoms with Crippen LogP contribution in [-0.2, 0) is 7.05 Å². The number of aryl methyl sites for hydroxylation is 2. The van der Waals surface area contributed by atoms with E-state index in [1.54, 1.807) is 10.7 Å². The number of rotatable bonds is 2. The van der Waals surface area contributed by atoms with Crippen molar-refractivity contribution in [1.82, 2.24) is 19.7 Å². The number of urea groups is 1. The minimum atomic E-state index is -0.0977. The third kappa shape index (κ3) is 2.89. The van der Waals surface area contributed by atoms with E-state index in [-0.39, 0.29) is 12.1 Å². The Labute approximate surface area is 123 Å². The molecule has 1 aliphatic rings. The third-order valence-electron chi connectivity index (χ3n) is 3.75. The summed E-state index contributed by atoms with van der Waals surface area (Å²) in [6.07, 6.45) is 5.79. The monoisotopic (exact) mass is 285 g/mol. The Balaban J connectivity index is 1.74. The third-order valence-corrected chi connectivity index (χ3v) is 3.75. The molecule has 3 heterocycles. The second kappa shape index (κ2) is 5.55. The lowest BCUT2D eigenvalue weighted by Crippen LogP contribution is -2.34. The van der Waals surface area contributed by atoms with Gasteiger partial charge in [-0.05, 0) is 31.9 Å². The first-order valence-corrected chi connectivity index (χ1v) is 7.13. The number of likely N-dealkylation sites (tertiary alicyclic amines) is 1. The molecule has 0 aliphatic carbocycles. The quantitative estimate of drug-likeness (QED) is 0.922. The maximum atomic E-state index is 12.5. The van der Waals surface area contributed by atoms with Crippen LogP contribution in [0.4, 0.5) is 10.6 Å². The fraction of sp³-hybridized carbons (Fsp3) is 0.400. The van der Waals surface area contributed by atoms with Gasteiger partial charge < -0.3 is 4.90 Å². The highest BCUT2D eigenvalue weighted by Gasteiger charge is 2.30. The number of nitrogens with one attached hydrogen (secondary N) is 1. The fourth-order valence-corrected chi connectivity index (χ4v) is 2.76. The summed E-state index contributed by atoms with van der Waals surface area (Å²) in [5, 5.41) is 7.08. The van der Waals surface area contributed by atoms with Crippen LogP contribution in [0, 0.1) is 6.92 Å². The van der Waals surface area contributed by atoms with Crippen molar-refractivity contribution in [2.75, 3.05) is 11.9 Å². The molecule has 3 rings (SSSR count). The lowest BCUT2D eigenvalue weighted by Gasteiger charge is -2.24. The van der Waals surface area contributed by atoms with Gasteiger partial charge in [0.15, 0.2) is 0 Å². The average molecular weight is 285 g/mol. The Hall–Kier alpha value is -2.37. The second-order valence-electron chi connectivity index (χ2n) is 5.39. The summed E-state index contributed by atoms with van der Waals surface area (Å²) in [6.45, 7) is 2.67. The van der Waals surface area contributed by atoms with Crippen molar-refractivity contribution in [2.45, 2.75) is 25.8 Å². The summed E-state index contributed by atoms with van der Waals surface area (Å²) in [6, 6.07) is 5.60. The van der Waals surface area contributed by atoms with Crippen molar-refractivity contribution in [3.8, 4) is 0 Å². The van der Waals surface area contributed by atoms with E-state index in [1.807, 2.05) is 43.4 Å². The van der Waals surface area contributed by atoms with Crippen LogP contribution in [0.1, 0.15) is 30.1 Å². The summed E-state index contributed by atoms with van der Waals surface area (Å²) in [5.41, 5.74) is 1.97. The number of nitrogens with zero attached hydrogens (tertiary/aromatic N) is 4. The first kappa shape index (κ1) is 13.6. The number of hydrogen-bond donors (Lipinski definition) is 1. The molecule has 6 heteroatoms. The van der Waals surface area contributed by atoms with Gasteiger partial charge in [0.05, 0.1) is 12.2 Å². The summed E-state index contributed by atoms with van der Waals surface area (Å²) < 4.78 is 1.77. The van der Waals surface area contributed by atoms with Gasteiger partial charge in [-0.1, -0.05) is 6.07 Å². The Morgan fingerprint density at radius 1 is 1.43 bits per heavy atom. The van der Waals surface area contributed by atoms with Crippen LogP contribution in [0.25, 0.3) is 0 Å². The smallest absolute Gasteiger partial charge is 0.317 e. The summed E-state index contributed by atoms with van der Waals surface area (Å²) in [4.78, 5) is 18.6. The first-order valence-electron chi connectivity index (χ1n) is 7.13. The largest absolute Gasteiger partial charge is 0.323 e. The number of pyridine rings is 1. The SMILES string of the molecule is Cc1cccc(NC(=O)N2CCCC2c2cnn(C)c2)n1. The van der Waals surface area contributed by atoms with Crippen molar-refractivity contribution in [3.05, 3.63) is 41.9 Å². The molecular formula is C15H19N5O. The number of anilines is 1. The molecule has 1 fully saturated rings. The van der Waals surface area contributed by atoms with Gasteiger partial charge >= 0.3 is 6.03 Å². The van der Waals surface area contributed by atoms with Crippen LogP contribution in [0.5, 0.6) is 0 Å². The predicted octanol–water partition coefficient (Wildman–Crippen LogP) is 2.49. The molecule has 1 unspecified atom stereocenters. The first-order chi connectivity index (χ1) is 10.1. The van der Waals surface area contributed by atoms with Gasteiger partial charge in [-0.2, -0.15) is 5.10 Å². The van der Waals surface area contributed by atoms with Gasteiger partial charge in [0, 0.05) is 31.0 Å². The van der Waals surface area contributed by atoms with Crippen molar-refractivity contribution in [2.24, 2.45) is 7.05 Å². The average Bonchev–Trinajstić information content (AvgIpc) is 3.06. The molecule has 0 spiro atoms. The number of amides is 2. The fourth-order valence-electron chi connectivity index (χ4n) is 2.76. The van der Waals surface area contributed by atoms with Crippen LogP contribution in [0.3, 0.4) is 0 Å². The van der Waals surface area contributed by atoms with Crippen molar-refractivity contribution >= 4 is 11.8 Å². The normalized spacial score (nSPS) is 18.0. The Kier molecular flexibility index (Phi) is 3.60. The molecule has 0 radical (unpaired) electrons. The van der Waals surface area contributed by atoms with E-state index in [1.165, 1.54) is 0 Å². The van der Waals surface area contributed by atoms with Crippen LogP contribution < -0.4 is 5.32 Å². The molecule has 6 nitrogen and oxygen atoms in total. The van der Waals surface area contributed by atoms with Crippen molar-refractivity contribution < 1.29 is 4.79 Å². The molecule has 21 heavy (non-hydrogen) atoms. The second-order valence-corrected chi connectivity index (χ2v) is 5.39. The molecule has 1 aliphatic heterocycles. The van der Waals surface area contributed by atoms with E-state index < -0.39 is 0 Å². The standard InChI is InChI=1S/C15H19N5O/c1-11-5-3-7-14(17-11)18-15(21)20-8-4-6-13(20)12-9-16-19(2)10-12/h3,5,7,9-10,13H,4,6,8H2,1-2H3,(H,17,18,21). The summed E-state index contributed by atoms with van der Waals surface area (Å²) in [5.74, 6) is 0.594. The molecule has 0 aromatic carbocycles. The molecular weight excluding hydrogens is 266 g/mol. The number of hydrogen-bond acceptors (Lipinski definition) is 3. The van der Waals surface area contributed by atoms with Crippen LogP contribution in [0.15, 0.2) is 30.6 Å². The zero-order valence-electron chi connectivity index (χ0n) is 12.3. The molecule has 1 N–H and O–H groups in total. The molecule has 2 aromatic heterocycles. The number of carbonyl (C=O) groups is 1. The van der Waals surface area contributed by atoms with Crippen LogP contribution in [0.2, 0.25) is 0 Å². The highest BCUT2D eigenvalue weighted by molar-refractivity contribution is 5.88. The molecule has 0 bridgehead atoms. The van der Waals surface area contributed by atoms with E-state index >= 15 is 0 Å². The molecule has 0 saturated carbocycles. The van der Waals surface area contributed by atoms with E-state index in [9.17, 15) is 4.79 Å². The van der Waals surface area contributed by atoms with E-state index in [2.05, 4.69) is 15.4 Å². The predicted molar refractivity (Wildman–Crippen MR) is 79.9 cm³/mol. The number of aromatic nitrogens is 3. The molecule has 2 amide bonds. The van der Waals surface area contributed by atoms with E-state index in [0.717, 1.165) is 30.6 Å². The number of carbonyl (C=O) groups excluding carboxylic acids is 1. The van der Waals surface area contributed by atoms with E-state index in [0.29, 0.717) is 5.82 Å². The molecule has 2 aromatic rings. The maximum Gasteiger partial charge on any atom is 0.323 e.